The van der Waals surface area contributed by atoms with E-state index in [1.807, 2.05) is 0 Å². The van der Waals surface area contributed by atoms with Crippen LogP contribution in [-0.4, -0.2) is 30.8 Å². The number of carbonyl (C=O) groups excluding carboxylic acids is 1. The van der Waals surface area contributed by atoms with Crippen LogP contribution in [0, 0.1) is 5.39 Å². The van der Waals surface area contributed by atoms with Crippen molar-refractivity contribution in [1.29, 1.82) is 5.39 Å². The van der Waals surface area contributed by atoms with Gasteiger partial charge in [-0.15, -0.1) is 0 Å². The predicted molar refractivity (Wildman–Crippen MR) is 62.4 cm³/mol. The van der Waals surface area contributed by atoms with Crippen LogP contribution in [0.1, 0.15) is 5.56 Å². The molecule has 8 heteroatoms. The van der Waals surface area contributed by atoms with Crippen molar-refractivity contribution in [3.63, 3.8) is 0 Å². The van der Waals surface area contributed by atoms with E-state index in [4.69, 9.17) is 5.39 Å². The second kappa shape index (κ2) is 3.82. The molecule has 0 aromatic heterocycles. The number of sulfonamides is 1. The van der Waals surface area contributed by atoms with E-state index in [0.29, 0.717) is 4.31 Å². The van der Waals surface area contributed by atoms with Gasteiger partial charge in [0, 0.05) is 19.2 Å². The molecule has 1 N–H and O–H groups in total. The number of likely N-dealkylation sites (N-methyl/N-ethyl adjacent to an activating group) is 1. The summed E-state index contributed by atoms with van der Waals surface area (Å²) in [6.07, 6.45) is 0. The lowest BCUT2D eigenvalue weighted by atomic mass is 10.2. The minimum atomic E-state index is -4.02. The zero-order chi connectivity index (χ0) is 13.5. The van der Waals surface area contributed by atoms with Crippen LogP contribution in [0.3, 0.4) is 0 Å². The molecular weight excluding hydrogens is 258 g/mol. The molecule has 92 valence electrons. The van der Waals surface area contributed by atoms with Crippen LogP contribution in [0.15, 0.2) is 30.0 Å². The minimum absolute atomic E-state index is 0.151. The first-order valence-electron chi connectivity index (χ1n) is 4.81. The highest BCUT2D eigenvalue weighted by Gasteiger charge is 2.42. The molecule has 0 atom stereocenters. The molecule has 1 amide bonds. The molecule has 18 heavy (non-hydrogen) atoms. The van der Waals surface area contributed by atoms with Gasteiger partial charge < -0.3 is 5.11 Å². The lowest BCUT2D eigenvalue weighted by Gasteiger charge is -2.08. The Morgan fingerprint density at radius 2 is 1.83 bits per heavy atom. The molecule has 1 aromatic rings. The highest BCUT2D eigenvalue weighted by Crippen LogP contribution is 2.33. The fraction of sp³-hybridized carbons (Fsp3) is 0.100. The molecule has 0 saturated carbocycles. The fourth-order valence-electron chi connectivity index (χ4n) is 1.58. The van der Waals surface area contributed by atoms with Gasteiger partial charge in [-0.2, -0.15) is 0 Å². The number of amides is 1. The second-order valence-electron chi connectivity index (χ2n) is 3.60. The smallest absolute Gasteiger partial charge is 0.385 e. The molecule has 0 saturated heterocycles. The Hall–Kier alpha value is -2.40. The maximum atomic E-state index is 11.9. The summed E-state index contributed by atoms with van der Waals surface area (Å²) in [5.41, 5.74) is 0.381. The maximum absolute atomic E-state index is 11.9. The first-order valence-corrected chi connectivity index (χ1v) is 6.25. The summed E-state index contributed by atoms with van der Waals surface area (Å²) >= 11 is 0. The molecule has 0 fully saturated rings. The standard InChI is InChI=1S/C10H7N3O4S/c1-13-10(15)8(14)9(18(13,16)17)6-2-4-7(12-11)5-3-6/h2-5H,1H3/p+1. The van der Waals surface area contributed by atoms with E-state index in [0.717, 1.165) is 7.05 Å². The van der Waals surface area contributed by atoms with E-state index in [9.17, 15) is 18.3 Å². The number of benzene rings is 1. The number of aliphatic hydroxyl groups excluding tert-OH is 1. The van der Waals surface area contributed by atoms with Crippen molar-refractivity contribution >= 4 is 26.5 Å². The molecule has 7 nitrogen and oxygen atoms in total. The molecule has 0 aliphatic carbocycles. The second-order valence-corrected chi connectivity index (χ2v) is 5.51. The molecule has 2 rings (SSSR count). The van der Waals surface area contributed by atoms with Crippen LogP contribution in [0.4, 0.5) is 5.69 Å². The first-order chi connectivity index (χ1) is 8.39. The van der Waals surface area contributed by atoms with Gasteiger partial charge in [-0.25, -0.2) is 12.7 Å². The van der Waals surface area contributed by atoms with Gasteiger partial charge in [0.05, 0.1) is 0 Å². The van der Waals surface area contributed by atoms with Gasteiger partial charge in [-0.1, -0.05) is 0 Å². The quantitative estimate of drug-likeness (QED) is 0.769. The van der Waals surface area contributed by atoms with Crippen molar-refractivity contribution in [2.24, 2.45) is 0 Å². The zero-order valence-corrected chi connectivity index (χ0v) is 10.0. The Kier molecular flexibility index (Phi) is 2.56. The van der Waals surface area contributed by atoms with E-state index in [-0.39, 0.29) is 11.3 Å². The molecule has 0 bridgehead atoms. The summed E-state index contributed by atoms with van der Waals surface area (Å²) < 4.78 is 24.2. The number of nitrogens with zero attached hydrogens (tertiary/aromatic N) is 3. The third-order valence-electron chi connectivity index (χ3n) is 2.57. The first kappa shape index (κ1) is 12.1. The van der Waals surface area contributed by atoms with Gasteiger partial charge in [-0.05, 0) is 17.7 Å². The molecule has 1 aromatic carbocycles. The van der Waals surface area contributed by atoms with Crippen LogP contribution in [0.2, 0.25) is 0 Å². The zero-order valence-electron chi connectivity index (χ0n) is 9.23. The van der Waals surface area contributed by atoms with Gasteiger partial charge >= 0.3 is 11.6 Å². The molecular formula is C10H8N3O4S+. The lowest BCUT2D eigenvalue weighted by molar-refractivity contribution is -0.123. The third-order valence-corrected chi connectivity index (χ3v) is 4.40. The van der Waals surface area contributed by atoms with Gasteiger partial charge in [0.15, 0.2) is 4.98 Å². The number of carbonyl (C=O) groups is 1. The molecule has 1 heterocycles. The monoisotopic (exact) mass is 266 g/mol. The lowest BCUT2D eigenvalue weighted by Crippen LogP contribution is -2.26. The SMILES string of the molecule is CN1C(=O)C(O)=C(c2ccc([N+]#N)cc2)S1(=O)=O. The minimum Gasteiger partial charge on any atom is -0.502 e. The molecule has 0 unspecified atom stereocenters. The van der Waals surface area contributed by atoms with E-state index in [1.165, 1.54) is 24.3 Å². The predicted octanol–water partition coefficient (Wildman–Crippen LogP) is 1.20. The Labute approximate surface area is 103 Å². The van der Waals surface area contributed by atoms with Crippen molar-refractivity contribution in [2.45, 2.75) is 0 Å². The summed E-state index contributed by atoms with van der Waals surface area (Å²) in [5, 5.41) is 18.1. The molecule has 1 aliphatic heterocycles. The van der Waals surface area contributed by atoms with Crippen molar-refractivity contribution in [3.8, 4) is 0 Å². The summed E-state index contributed by atoms with van der Waals surface area (Å²) in [4.78, 5) is 13.9. The molecule has 0 spiro atoms. The van der Waals surface area contributed by atoms with Crippen LogP contribution < -0.4 is 0 Å². The summed E-state index contributed by atoms with van der Waals surface area (Å²) in [6.45, 7) is 0. The van der Waals surface area contributed by atoms with Crippen LogP contribution in [0.5, 0.6) is 0 Å². The normalized spacial score (nSPS) is 18.0. The van der Waals surface area contributed by atoms with E-state index in [1.54, 1.807) is 0 Å². The average molecular weight is 266 g/mol. The topological polar surface area (TPSA) is 103 Å². The van der Waals surface area contributed by atoms with Gasteiger partial charge in [0.1, 0.15) is 4.91 Å². The van der Waals surface area contributed by atoms with Crippen molar-refractivity contribution in [2.75, 3.05) is 7.05 Å². The molecule has 1 aliphatic rings. The maximum Gasteiger partial charge on any atom is 0.385 e. The Bertz CT molecular complexity index is 698. The Morgan fingerprint density at radius 1 is 1.28 bits per heavy atom. The summed E-state index contributed by atoms with van der Waals surface area (Å²) in [7, 11) is -2.95. The van der Waals surface area contributed by atoms with Gasteiger partial charge in [-0.3, -0.25) is 4.79 Å². The number of hydrogen-bond donors (Lipinski definition) is 1. The number of aliphatic hydroxyl groups is 1. The van der Waals surface area contributed by atoms with E-state index >= 15 is 0 Å². The molecule has 0 radical (unpaired) electrons. The highest BCUT2D eigenvalue weighted by atomic mass is 32.2. The van der Waals surface area contributed by atoms with Crippen LogP contribution in [0.25, 0.3) is 9.88 Å². The van der Waals surface area contributed by atoms with Crippen molar-refractivity contribution in [1.82, 2.24) is 4.31 Å². The Balaban J connectivity index is 2.63. The van der Waals surface area contributed by atoms with Gasteiger partial charge in [0.2, 0.25) is 11.2 Å². The van der Waals surface area contributed by atoms with Crippen LogP contribution in [-0.2, 0) is 14.8 Å². The number of hydrogen-bond acceptors (Lipinski definition) is 5. The Morgan fingerprint density at radius 3 is 2.22 bits per heavy atom. The fourth-order valence-corrected chi connectivity index (χ4v) is 2.92. The average Bonchev–Trinajstić information content (AvgIpc) is 2.51. The van der Waals surface area contributed by atoms with Crippen molar-refractivity contribution < 1.29 is 18.3 Å². The van der Waals surface area contributed by atoms with E-state index in [2.05, 4.69) is 4.98 Å². The number of rotatable bonds is 1. The highest BCUT2D eigenvalue weighted by molar-refractivity contribution is 7.99. The van der Waals surface area contributed by atoms with Gasteiger partial charge in [0.25, 0.3) is 10.0 Å². The van der Waals surface area contributed by atoms with E-state index < -0.39 is 26.6 Å². The summed E-state index contributed by atoms with van der Waals surface area (Å²) in [5.74, 6) is -1.79. The third kappa shape index (κ3) is 1.53. The number of diazo groups is 1. The van der Waals surface area contributed by atoms with Crippen LogP contribution >= 0.6 is 0 Å². The summed E-state index contributed by atoms with van der Waals surface area (Å²) in [6, 6.07) is 5.39. The van der Waals surface area contributed by atoms with Crippen molar-refractivity contribution in [3.05, 3.63) is 40.6 Å². The largest absolute Gasteiger partial charge is 0.502 e.